The fraction of sp³-hybridized carbons (Fsp3) is 0.727. The number of carboxylic acids is 1. The molecule has 0 aromatic carbocycles. The molecule has 0 aromatic heterocycles. The third-order valence-corrected chi connectivity index (χ3v) is 3.92. The van der Waals surface area contributed by atoms with E-state index in [4.69, 9.17) is 5.11 Å². The van der Waals surface area contributed by atoms with Crippen molar-refractivity contribution in [1.82, 2.24) is 0 Å². The molecule has 2 bridgehead atoms. The smallest absolute Gasteiger partial charge is 0.328 e. The van der Waals surface area contributed by atoms with Gasteiger partial charge in [-0.3, -0.25) is 0 Å². The molecule has 13 heavy (non-hydrogen) atoms. The summed E-state index contributed by atoms with van der Waals surface area (Å²) in [4.78, 5) is 10.6. The second-order valence-electron chi connectivity index (χ2n) is 4.87. The van der Waals surface area contributed by atoms with E-state index in [1.165, 1.54) is 30.9 Å². The Morgan fingerprint density at radius 2 is 2.23 bits per heavy atom. The maximum Gasteiger partial charge on any atom is 0.328 e. The Bertz CT molecular complexity index is 276. The molecule has 2 aliphatic rings. The molecule has 0 heterocycles. The molecule has 0 spiro atoms. The number of carboxylic acid groups (broad SMARTS) is 1. The lowest BCUT2D eigenvalue weighted by Gasteiger charge is -2.32. The van der Waals surface area contributed by atoms with Gasteiger partial charge in [-0.2, -0.15) is 0 Å². The van der Waals surface area contributed by atoms with Crippen LogP contribution in [0.2, 0.25) is 0 Å². The predicted molar refractivity (Wildman–Crippen MR) is 50.3 cm³/mol. The highest BCUT2D eigenvalue weighted by atomic mass is 16.4. The van der Waals surface area contributed by atoms with Gasteiger partial charge in [0.2, 0.25) is 0 Å². The number of carbonyl (C=O) groups is 1. The van der Waals surface area contributed by atoms with Gasteiger partial charge in [-0.1, -0.05) is 19.4 Å². The molecule has 72 valence electrons. The van der Waals surface area contributed by atoms with Gasteiger partial charge >= 0.3 is 5.97 Å². The SMILES string of the molecule is CC1(C)/C(=C/C(=O)O)[C@H]2CC[C@@H]1C2. The summed E-state index contributed by atoms with van der Waals surface area (Å²) in [7, 11) is 0. The van der Waals surface area contributed by atoms with Crippen LogP contribution >= 0.6 is 0 Å². The Hall–Kier alpha value is -0.790. The third kappa shape index (κ3) is 1.19. The van der Waals surface area contributed by atoms with Crippen molar-refractivity contribution in [3.63, 3.8) is 0 Å². The fourth-order valence-electron chi connectivity index (χ4n) is 3.12. The van der Waals surface area contributed by atoms with Crippen molar-refractivity contribution in [1.29, 1.82) is 0 Å². The summed E-state index contributed by atoms with van der Waals surface area (Å²) in [5, 5.41) is 8.76. The van der Waals surface area contributed by atoms with Crippen molar-refractivity contribution in [2.45, 2.75) is 33.1 Å². The Morgan fingerprint density at radius 3 is 2.69 bits per heavy atom. The molecule has 2 fully saturated rings. The fourth-order valence-corrected chi connectivity index (χ4v) is 3.12. The first-order valence-electron chi connectivity index (χ1n) is 4.97. The molecular formula is C11H16O2. The van der Waals surface area contributed by atoms with E-state index in [1.54, 1.807) is 0 Å². The van der Waals surface area contributed by atoms with Gasteiger partial charge in [-0.15, -0.1) is 0 Å². The summed E-state index contributed by atoms with van der Waals surface area (Å²) in [5.74, 6) is 0.509. The minimum Gasteiger partial charge on any atom is -0.478 e. The van der Waals surface area contributed by atoms with Gasteiger partial charge in [0.1, 0.15) is 0 Å². The number of rotatable bonds is 1. The summed E-state index contributed by atoms with van der Waals surface area (Å²) in [6.07, 6.45) is 5.15. The number of fused-ring (bicyclic) bond motifs is 2. The zero-order valence-corrected chi connectivity index (χ0v) is 8.21. The zero-order chi connectivity index (χ0) is 9.64. The summed E-state index contributed by atoms with van der Waals surface area (Å²) >= 11 is 0. The summed E-state index contributed by atoms with van der Waals surface area (Å²) in [6, 6.07) is 0. The second kappa shape index (κ2) is 2.60. The molecular weight excluding hydrogens is 164 g/mol. The lowest BCUT2D eigenvalue weighted by Crippen LogP contribution is -2.23. The maximum atomic E-state index is 10.6. The van der Waals surface area contributed by atoms with Crippen LogP contribution in [0.25, 0.3) is 0 Å². The predicted octanol–water partition coefficient (Wildman–Crippen LogP) is 2.45. The average Bonchev–Trinajstić information content (AvgIpc) is 2.53. The van der Waals surface area contributed by atoms with Crippen LogP contribution in [0.3, 0.4) is 0 Å². The first kappa shape index (κ1) is 8.79. The Kier molecular flexibility index (Phi) is 1.76. The molecule has 0 aliphatic heterocycles. The van der Waals surface area contributed by atoms with Crippen LogP contribution in [0.4, 0.5) is 0 Å². The normalized spacial score (nSPS) is 38.5. The summed E-state index contributed by atoms with van der Waals surface area (Å²) in [6.45, 7) is 4.37. The van der Waals surface area contributed by atoms with E-state index >= 15 is 0 Å². The Balaban J connectivity index is 2.34. The molecule has 2 rings (SSSR count). The van der Waals surface area contributed by atoms with Crippen LogP contribution < -0.4 is 0 Å². The van der Waals surface area contributed by atoms with Gasteiger partial charge in [-0.05, 0) is 36.5 Å². The first-order chi connectivity index (χ1) is 6.01. The minimum atomic E-state index is -0.782. The summed E-state index contributed by atoms with van der Waals surface area (Å²) in [5.41, 5.74) is 1.32. The van der Waals surface area contributed by atoms with Crippen LogP contribution in [0.15, 0.2) is 11.6 Å². The number of hydrogen-bond donors (Lipinski definition) is 1. The zero-order valence-electron chi connectivity index (χ0n) is 8.21. The first-order valence-corrected chi connectivity index (χ1v) is 4.97. The molecule has 0 unspecified atom stereocenters. The van der Waals surface area contributed by atoms with Gasteiger partial charge in [0.05, 0.1) is 0 Å². The lowest BCUT2D eigenvalue weighted by molar-refractivity contribution is -0.131. The van der Waals surface area contributed by atoms with E-state index < -0.39 is 5.97 Å². The average molecular weight is 180 g/mol. The molecule has 2 saturated carbocycles. The van der Waals surface area contributed by atoms with Gasteiger partial charge in [0, 0.05) is 6.08 Å². The number of aliphatic carboxylic acids is 1. The molecule has 2 aliphatic carbocycles. The molecule has 0 aromatic rings. The van der Waals surface area contributed by atoms with E-state index in [1.807, 2.05) is 0 Å². The van der Waals surface area contributed by atoms with Gasteiger partial charge < -0.3 is 5.11 Å². The monoisotopic (exact) mass is 180 g/mol. The maximum absolute atomic E-state index is 10.6. The molecule has 0 radical (unpaired) electrons. The minimum absolute atomic E-state index is 0.140. The number of allylic oxidation sites excluding steroid dienone is 1. The van der Waals surface area contributed by atoms with Gasteiger partial charge in [0.15, 0.2) is 0 Å². The highest BCUT2D eigenvalue weighted by Gasteiger charge is 2.48. The van der Waals surface area contributed by atoms with Crippen molar-refractivity contribution >= 4 is 5.97 Å². The Labute approximate surface area is 78.6 Å². The molecule has 0 amide bonds. The van der Waals surface area contributed by atoms with Crippen molar-refractivity contribution in [3.05, 3.63) is 11.6 Å². The molecule has 2 heteroatoms. The van der Waals surface area contributed by atoms with Crippen molar-refractivity contribution in [2.24, 2.45) is 17.3 Å². The van der Waals surface area contributed by atoms with Crippen LogP contribution in [-0.2, 0) is 4.79 Å². The van der Waals surface area contributed by atoms with Crippen molar-refractivity contribution in [3.8, 4) is 0 Å². The Morgan fingerprint density at radius 1 is 1.54 bits per heavy atom. The van der Waals surface area contributed by atoms with E-state index in [9.17, 15) is 4.79 Å². The third-order valence-electron chi connectivity index (χ3n) is 3.92. The second-order valence-corrected chi connectivity index (χ2v) is 4.87. The highest BCUT2D eigenvalue weighted by molar-refractivity contribution is 5.81. The van der Waals surface area contributed by atoms with Crippen LogP contribution in [-0.4, -0.2) is 11.1 Å². The highest BCUT2D eigenvalue weighted by Crippen LogP contribution is 2.58. The van der Waals surface area contributed by atoms with Crippen LogP contribution in [0, 0.1) is 17.3 Å². The van der Waals surface area contributed by atoms with E-state index in [0.29, 0.717) is 5.92 Å². The number of hydrogen-bond acceptors (Lipinski definition) is 1. The van der Waals surface area contributed by atoms with Crippen LogP contribution in [0.1, 0.15) is 33.1 Å². The van der Waals surface area contributed by atoms with Gasteiger partial charge in [-0.25, -0.2) is 4.79 Å². The van der Waals surface area contributed by atoms with Gasteiger partial charge in [0.25, 0.3) is 0 Å². The standard InChI is InChI=1S/C11H16O2/c1-11(2)8-4-3-7(5-8)9(11)6-10(12)13/h6-8H,3-5H2,1-2H3,(H,12,13)/b9-6+/t7-,8+/m0/s1. The summed E-state index contributed by atoms with van der Waals surface area (Å²) < 4.78 is 0. The molecule has 2 nitrogen and oxygen atoms in total. The topological polar surface area (TPSA) is 37.3 Å². The van der Waals surface area contributed by atoms with E-state index in [2.05, 4.69) is 13.8 Å². The van der Waals surface area contributed by atoms with E-state index in [-0.39, 0.29) is 5.41 Å². The molecule has 0 saturated heterocycles. The van der Waals surface area contributed by atoms with Crippen molar-refractivity contribution < 1.29 is 9.90 Å². The van der Waals surface area contributed by atoms with Crippen molar-refractivity contribution in [2.75, 3.05) is 0 Å². The van der Waals surface area contributed by atoms with E-state index in [0.717, 1.165) is 5.92 Å². The molecule has 2 atom stereocenters. The largest absolute Gasteiger partial charge is 0.478 e. The van der Waals surface area contributed by atoms with Crippen LogP contribution in [0.5, 0.6) is 0 Å². The lowest BCUT2D eigenvalue weighted by atomic mass is 9.73. The quantitative estimate of drug-likeness (QED) is 0.629. The molecule has 1 N–H and O–H groups in total.